The van der Waals surface area contributed by atoms with Crippen molar-refractivity contribution in [1.82, 2.24) is 0 Å². The van der Waals surface area contributed by atoms with E-state index in [-0.39, 0.29) is 16.6 Å². The van der Waals surface area contributed by atoms with Crippen LogP contribution in [0, 0.1) is 0 Å². The first kappa shape index (κ1) is 16.3. The van der Waals surface area contributed by atoms with Crippen molar-refractivity contribution in [2.45, 2.75) is 52.6 Å². The minimum atomic E-state index is -1.14. The van der Waals surface area contributed by atoms with E-state index < -0.39 is 5.97 Å². The predicted octanol–water partition coefficient (Wildman–Crippen LogP) is 3.61. The standard InChI is InChI=1S/C19H25NO2/c1-18(2,3)20(19(4,5)6)16-10-9-13-11-15(17(21)22)8-7-14(13)12-16/h7-12H,1-6H3,(H,21,22)/p-1. The Kier molecular flexibility index (Phi) is 3.94. The number of carboxylic acid groups (broad SMARTS) is 1. The minimum Gasteiger partial charge on any atom is -0.545 e. The largest absolute Gasteiger partial charge is 0.545 e. The highest BCUT2D eigenvalue weighted by molar-refractivity contribution is 5.94. The molecule has 0 saturated heterocycles. The van der Waals surface area contributed by atoms with Crippen LogP contribution in [-0.4, -0.2) is 17.0 Å². The van der Waals surface area contributed by atoms with Gasteiger partial charge in [-0.3, -0.25) is 0 Å². The Hall–Kier alpha value is -2.03. The maximum Gasteiger partial charge on any atom is 0.0715 e. The third-order valence-electron chi connectivity index (χ3n) is 3.66. The van der Waals surface area contributed by atoms with Crippen LogP contribution in [0.5, 0.6) is 0 Å². The summed E-state index contributed by atoms with van der Waals surface area (Å²) in [5.41, 5.74) is 1.31. The molecule has 3 nitrogen and oxygen atoms in total. The van der Waals surface area contributed by atoms with Crippen LogP contribution in [0.2, 0.25) is 0 Å². The maximum atomic E-state index is 11.0. The molecule has 0 amide bonds. The van der Waals surface area contributed by atoms with Gasteiger partial charge in [-0.2, -0.15) is 0 Å². The zero-order valence-corrected chi connectivity index (χ0v) is 14.2. The van der Waals surface area contributed by atoms with E-state index in [2.05, 4.69) is 58.6 Å². The van der Waals surface area contributed by atoms with Crippen molar-refractivity contribution in [2.75, 3.05) is 4.90 Å². The lowest BCUT2D eigenvalue weighted by Crippen LogP contribution is -2.53. The third-order valence-corrected chi connectivity index (χ3v) is 3.66. The zero-order chi connectivity index (χ0) is 16.7. The van der Waals surface area contributed by atoms with Crippen LogP contribution in [-0.2, 0) is 0 Å². The molecular weight excluding hydrogens is 274 g/mol. The summed E-state index contributed by atoms with van der Waals surface area (Å²) in [7, 11) is 0. The second-order valence-electron chi connectivity index (χ2n) is 7.71. The number of carboxylic acids is 1. The van der Waals surface area contributed by atoms with E-state index >= 15 is 0 Å². The van der Waals surface area contributed by atoms with Crippen molar-refractivity contribution >= 4 is 22.4 Å². The Bertz CT molecular complexity index is 691. The molecule has 0 saturated carbocycles. The van der Waals surface area contributed by atoms with Gasteiger partial charge in [-0.05, 0) is 76.1 Å². The Labute approximate surface area is 132 Å². The summed E-state index contributed by atoms with van der Waals surface area (Å²) in [5.74, 6) is -1.14. The average molecular weight is 298 g/mol. The molecule has 0 aliphatic heterocycles. The molecule has 2 aromatic carbocycles. The van der Waals surface area contributed by atoms with Crippen molar-refractivity contribution < 1.29 is 9.90 Å². The number of hydrogen-bond acceptors (Lipinski definition) is 3. The maximum absolute atomic E-state index is 11.0. The Morgan fingerprint density at radius 1 is 0.864 bits per heavy atom. The lowest BCUT2D eigenvalue weighted by Gasteiger charge is -2.47. The number of carbonyl (C=O) groups excluding carboxylic acids is 1. The van der Waals surface area contributed by atoms with Crippen molar-refractivity contribution in [3.8, 4) is 0 Å². The molecule has 3 heteroatoms. The molecule has 0 atom stereocenters. The smallest absolute Gasteiger partial charge is 0.0715 e. The summed E-state index contributed by atoms with van der Waals surface area (Å²) in [5, 5.41) is 12.9. The van der Waals surface area contributed by atoms with Crippen molar-refractivity contribution in [3.05, 3.63) is 42.0 Å². The molecule has 2 aromatic rings. The van der Waals surface area contributed by atoms with Gasteiger partial charge in [-0.1, -0.05) is 18.2 Å². The second-order valence-corrected chi connectivity index (χ2v) is 7.71. The van der Waals surface area contributed by atoms with Gasteiger partial charge in [0.15, 0.2) is 0 Å². The van der Waals surface area contributed by atoms with Gasteiger partial charge >= 0.3 is 0 Å². The zero-order valence-electron chi connectivity index (χ0n) is 14.2. The average Bonchev–Trinajstić information content (AvgIpc) is 2.34. The number of nitrogens with zero attached hydrogens (tertiary/aromatic N) is 1. The summed E-state index contributed by atoms with van der Waals surface area (Å²) < 4.78 is 0. The number of rotatable bonds is 2. The molecule has 0 unspecified atom stereocenters. The van der Waals surface area contributed by atoms with Crippen molar-refractivity contribution in [1.29, 1.82) is 0 Å². The van der Waals surface area contributed by atoms with Crippen LogP contribution in [0.25, 0.3) is 10.8 Å². The van der Waals surface area contributed by atoms with Gasteiger partial charge in [0, 0.05) is 16.8 Å². The molecule has 0 bridgehead atoms. The lowest BCUT2D eigenvalue weighted by molar-refractivity contribution is -0.255. The quantitative estimate of drug-likeness (QED) is 0.850. The molecule has 0 aliphatic rings. The molecule has 0 N–H and O–H groups in total. The van der Waals surface area contributed by atoms with E-state index in [1.165, 1.54) is 0 Å². The monoisotopic (exact) mass is 298 g/mol. The lowest BCUT2D eigenvalue weighted by atomic mass is 9.94. The third kappa shape index (κ3) is 3.24. The summed E-state index contributed by atoms with van der Waals surface area (Å²) in [4.78, 5) is 13.3. The van der Waals surface area contributed by atoms with Crippen molar-refractivity contribution in [3.63, 3.8) is 0 Å². The van der Waals surface area contributed by atoms with Gasteiger partial charge in [0.05, 0.1) is 5.97 Å². The van der Waals surface area contributed by atoms with Gasteiger partial charge in [0.25, 0.3) is 0 Å². The van der Waals surface area contributed by atoms with Crippen LogP contribution in [0.4, 0.5) is 5.69 Å². The number of benzene rings is 2. The van der Waals surface area contributed by atoms with E-state index in [0.29, 0.717) is 0 Å². The highest BCUT2D eigenvalue weighted by atomic mass is 16.4. The molecule has 22 heavy (non-hydrogen) atoms. The summed E-state index contributed by atoms with van der Waals surface area (Å²) >= 11 is 0. The second kappa shape index (κ2) is 5.31. The molecule has 0 radical (unpaired) electrons. The first-order valence-corrected chi connectivity index (χ1v) is 7.56. The van der Waals surface area contributed by atoms with Crippen LogP contribution >= 0.6 is 0 Å². The summed E-state index contributed by atoms with van der Waals surface area (Å²) in [6, 6.07) is 11.2. The van der Waals surface area contributed by atoms with E-state index in [1.54, 1.807) is 12.1 Å². The Morgan fingerprint density at radius 3 is 1.86 bits per heavy atom. The van der Waals surface area contributed by atoms with Crippen LogP contribution < -0.4 is 10.0 Å². The molecule has 0 spiro atoms. The van der Waals surface area contributed by atoms with Crippen LogP contribution in [0.15, 0.2) is 36.4 Å². The summed E-state index contributed by atoms with van der Waals surface area (Å²) in [6.07, 6.45) is 0. The molecular formula is C19H24NO2-. The highest BCUT2D eigenvalue weighted by Crippen LogP contribution is 2.34. The molecule has 0 aromatic heterocycles. The molecule has 118 valence electrons. The van der Waals surface area contributed by atoms with E-state index in [1.807, 2.05) is 12.1 Å². The van der Waals surface area contributed by atoms with Gasteiger partial charge < -0.3 is 14.8 Å². The SMILES string of the molecule is CC(C)(C)N(c1ccc2cc(C(=O)[O-])ccc2c1)C(C)(C)C. The van der Waals surface area contributed by atoms with Crippen LogP contribution in [0.1, 0.15) is 51.9 Å². The minimum absolute atomic E-state index is 0.0170. The highest BCUT2D eigenvalue weighted by Gasteiger charge is 2.31. The Balaban J connectivity index is 2.57. The van der Waals surface area contributed by atoms with Gasteiger partial charge in [0.1, 0.15) is 0 Å². The Morgan fingerprint density at radius 2 is 1.36 bits per heavy atom. The van der Waals surface area contributed by atoms with Crippen molar-refractivity contribution in [2.24, 2.45) is 0 Å². The predicted molar refractivity (Wildman–Crippen MR) is 90.3 cm³/mol. The topological polar surface area (TPSA) is 43.4 Å². The number of carbonyl (C=O) groups is 1. The van der Waals surface area contributed by atoms with E-state index in [9.17, 15) is 9.90 Å². The molecule has 0 aliphatic carbocycles. The van der Waals surface area contributed by atoms with Gasteiger partial charge in [-0.15, -0.1) is 0 Å². The van der Waals surface area contributed by atoms with E-state index in [0.717, 1.165) is 16.5 Å². The number of fused-ring (bicyclic) bond motifs is 1. The fourth-order valence-corrected chi connectivity index (χ4v) is 3.28. The molecule has 2 rings (SSSR count). The van der Waals surface area contributed by atoms with Crippen LogP contribution in [0.3, 0.4) is 0 Å². The normalized spacial score (nSPS) is 12.5. The van der Waals surface area contributed by atoms with E-state index in [4.69, 9.17) is 0 Å². The number of aromatic carboxylic acids is 1. The first-order valence-electron chi connectivity index (χ1n) is 7.56. The molecule has 0 fully saturated rings. The van der Waals surface area contributed by atoms with Gasteiger partial charge in [0.2, 0.25) is 0 Å². The summed E-state index contributed by atoms with van der Waals surface area (Å²) in [6.45, 7) is 13.2. The fraction of sp³-hybridized carbons (Fsp3) is 0.421. The number of anilines is 1. The molecule has 0 heterocycles. The van der Waals surface area contributed by atoms with Gasteiger partial charge in [-0.25, -0.2) is 0 Å². The number of hydrogen-bond donors (Lipinski definition) is 0. The first-order chi connectivity index (χ1) is 10.00. The fourth-order valence-electron chi connectivity index (χ4n) is 3.28.